The Morgan fingerprint density at radius 2 is 1.14 bits per heavy atom. The SMILES string of the molecule is C/C=C(\C)C(=O)OC1CC2C(CC=C3CC(O[C@H]4CC(OC)[C@@H](O[C@H]5CC(OC)[C@@H](O[C@H]6CC(OC)[C@@H](O[C@H]7CC(OC)[C@@H](O)C(C)O7)C(C)O6)C(C)O5)C(C)O4)CCC32C)C2(O)CCC(C(C)=O)C12C. The molecule has 0 aromatic heterocycles. The van der Waals surface area contributed by atoms with E-state index in [-0.39, 0.29) is 65.4 Å². The van der Waals surface area contributed by atoms with Crippen molar-refractivity contribution in [2.45, 2.75) is 249 Å². The van der Waals surface area contributed by atoms with Crippen LogP contribution in [-0.2, 0) is 71.2 Å². The molecule has 4 aliphatic carbocycles. The van der Waals surface area contributed by atoms with Gasteiger partial charge < -0.3 is 71.8 Å². The van der Waals surface area contributed by atoms with Crippen molar-refractivity contribution in [1.82, 2.24) is 0 Å². The number of esters is 1. The van der Waals surface area contributed by atoms with Crippen LogP contribution in [0.3, 0.4) is 0 Å². The van der Waals surface area contributed by atoms with Crippen LogP contribution in [0.5, 0.6) is 0 Å². The van der Waals surface area contributed by atoms with Crippen LogP contribution in [0.25, 0.3) is 0 Å². The molecule has 2 N–H and O–H groups in total. The maximum atomic E-state index is 13.4. The van der Waals surface area contributed by atoms with Crippen molar-refractivity contribution in [3.05, 3.63) is 23.3 Å². The number of carbonyl (C=O) groups excluding carboxylic acids is 2. The summed E-state index contributed by atoms with van der Waals surface area (Å²) in [6.07, 6.45) is 2.27. The summed E-state index contributed by atoms with van der Waals surface area (Å²) in [7, 11) is 6.56. The van der Waals surface area contributed by atoms with Crippen LogP contribution in [0.2, 0.25) is 0 Å². The first-order valence-corrected chi connectivity index (χ1v) is 26.5. The zero-order chi connectivity index (χ0) is 51.3. The summed E-state index contributed by atoms with van der Waals surface area (Å²) in [4.78, 5) is 26.5. The summed E-state index contributed by atoms with van der Waals surface area (Å²) >= 11 is 0. The van der Waals surface area contributed by atoms with E-state index in [1.807, 2.05) is 34.6 Å². The lowest BCUT2D eigenvalue weighted by molar-refractivity contribution is -0.347. The van der Waals surface area contributed by atoms with E-state index in [9.17, 15) is 19.8 Å². The molecule has 17 nitrogen and oxygen atoms in total. The molecule has 4 heterocycles. The number of Topliss-reactive ketones (excluding diaryl/α,β-unsaturated/α-hetero) is 1. The average molecular weight is 1010 g/mol. The van der Waals surface area contributed by atoms with Crippen LogP contribution >= 0.6 is 0 Å². The Bertz CT molecular complexity index is 1910. The monoisotopic (exact) mass is 1010 g/mol. The third-order valence-electron chi connectivity index (χ3n) is 18.8. The summed E-state index contributed by atoms with van der Waals surface area (Å²) in [5.74, 6) is -0.718. The smallest absolute Gasteiger partial charge is 0.333 e. The van der Waals surface area contributed by atoms with Gasteiger partial charge in [-0.05, 0) is 111 Å². The molecule has 7 fully saturated rings. The summed E-state index contributed by atoms with van der Waals surface area (Å²) < 4.78 is 81.8. The van der Waals surface area contributed by atoms with Gasteiger partial charge in [-0.1, -0.05) is 31.6 Å². The van der Waals surface area contributed by atoms with E-state index in [1.54, 1.807) is 55.3 Å². The first-order valence-electron chi connectivity index (χ1n) is 26.5. The fraction of sp³-hybridized carbons (Fsp3) is 0.889. The molecule has 4 aliphatic heterocycles. The van der Waals surface area contributed by atoms with Crippen LogP contribution in [0.15, 0.2) is 23.3 Å². The number of ether oxygens (including phenoxy) is 13. The second kappa shape index (κ2) is 22.3. The molecule has 17 heteroatoms. The molecule has 8 rings (SSSR count). The molecule has 8 aliphatic rings. The van der Waals surface area contributed by atoms with E-state index >= 15 is 0 Å². The fourth-order valence-electron chi connectivity index (χ4n) is 14.4. The van der Waals surface area contributed by atoms with Crippen molar-refractivity contribution in [3.8, 4) is 0 Å². The highest BCUT2D eigenvalue weighted by atomic mass is 16.8. The van der Waals surface area contributed by atoms with Gasteiger partial charge in [-0.15, -0.1) is 0 Å². The molecule has 0 spiro atoms. The van der Waals surface area contributed by atoms with E-state index in [0.717, 1.165) is 19.3 Å². The molecule has 24 atom stereocenters. The minimum atomic E-state index is -1.15. The second-order valence-electron chi connectivity index (χ2n) is 22.5. The van der Waals surface area contributed by atoms with Crippen LogP contribution in [0.1, 0.15) is 133 Å². The van der Waals surface area contributed by atoms with E-state index in [1.165, 1.54) is 5.57 Å². The van der Waals surface area contributed by atoms with E-state index in [0.29, 0.717) is 56.9 Å². The molecule has 0 aromatic rings. The number of hydrogen-bond acceptors (Lipinski definition) is 17. The van der Waals surface area contributed by atoms with Gasteiger partial charge in [0.2, 0.25) is 0 Å². The molecule has 16 unspecified atom stereocenters. The Labute approximate surface area is 421 Å². The topological polar surface area (TPSA) is 195 Å². The third kappa shape index (κ3) is 10.5. The number of rotatable bonds is 15. The van der Waals surface area contributed by atoms with Crippen molar-refractivity contribution in [3.63, 3.8) is 0 Å². The fourth-order valence-corrected chi connectivity index (χ4v) is 14.4. The molecule has 0 radical (unpaired) electrons. The van der Waals surface area contributed by atoms with E-state index in [4.69, 9.17) is 61.6 Å². The summed E-state index contributed by atoms with van der Waals surface area (Å²) in [6.45, 7) is 17.1. The molecule has 0 amide bonds. The number of fused-ring (bicyclic) bond motifs is 5. The zero-order valence-corrected chi connectivity index (χ0v) is 44.6. The van der Waals surface area contributed by atoms with Crippen LogP contribution in [0.4, 0.5) is 0 Å². The predicted molar refractivity (Wildman–Crippen MR) is 257 cm³/mol. The standard InChI is InChI=1S/C54H86O17/c1-14-27(2)51(57)68-42-22-37-36(54(58)20-18-35(28(3)55)53(42,54)9)16-15-33-21-34(17-19-52(33,37)8)67-43-24-39(60-11)48(30(5)64-43)70-45-26-41(62-13)50(32(7)66-45)71-46-25-40(61-12)49(31(6)65-46)69-44-23-38(59-10)47(56)29(4)63-44/h14-15,29-32,34-50,56,58H,16-26H2,1-13H3/b27-14+/t29?,30?,31?,32?,34?,35?,36?,37?,38?,39?,40?,41?,42?,43-,44-,45-,46-,47-,48-,49-,50-,52?,53?,54?/m0/s1. The zero-order valence-electron chi connectivity index (χ0n) is 44.6. The number of methoxy groups -OCH3 is 4. The quantitative estimate of drug-likeness (QED) is 0.106. The second-order valence-corrected chi connectivity index (χ2v) is 22.5. The van der Waals surface area contributed by atoms with Crippen molar-refractivity contribution in [2.75, 3.05) is 28.4 Å². The van der Waals surface area contributed by atoms with Gasteiger partial charge in [0, 0.05) is 71.0 Å². The maximum Gasteiger partial charge on any atom is 0.333 e. The molecule has 3 saturated carbocycles. The number of hydrogen-bond donors (Lipinski definition) is 2. The third-order valence-corrected chi connectivity index (χ3v) is 18.8. The van der Waals surface area contributed by atoms with Gasteiger partial charge in [-0.3, -0.25) is 4.79 Å². The Kier molecular flexibility index (Phi) is 17.4. The Morgan fingerprint density at radius 1 is 0.662 bits per heavy atom. The highest BCUT2D eigenvalue weighted by molar-refractivity contribution is 5.88. The van der Waals surface area contributed by atoms with Gasteiger partial charge in [-0.2, -0.15) is 0 Å². The minimum absolute atomic E-state index is 0.0422. The highest BCUT2D eigenvalue weighted by Crippen LogP contribution is 2.68. The van der Waals surface area contributed by atoms with E-state index in [2.05, 4.69) is 13.0 Å². The van der Waals surface area contributed by atoms with Crippen LogP contribution in [0, 0.1) is 28.6 Å². The van der Waals surface area contributed by atoms with Gasteiger partial charge in [0.25, 0.3) is 0 Å². The first-order chi connectivity index (χ1) is 33.7. The summed E-state index contributed by atoms with van der Waals surface area (Å²) in [5, 5.41) is 23.3. The average Bonchev–Trinajstić information content (AvgIpc) is 3.63. The van der Waals surface area contributed by atoms with E-state index < -0.39 is 91.1 Å². The normalized spacial score (nSPS) is 49.3. The largest absolute Gasteiger partial charge is 0.458 e. The molecular weight excluding hydrogens is 921 g/mol. The minimum Gasteiger partial charge on any atom is -0.458 e. The molecule has 404 valence electrons. The van der Waals surface area contributed by atoms with Crippen molar-refractivity contribution >= 4 is 11.8 Å². The highest BCUT2D eigenvalue weighted by Gasteiger charge is 2.71. The first kappa shape index (κ1) is 55.3. The van der Waals surface area contributed by atoms with Gasteiger partial charge in [0.05, 0.1) is 60.5 Å². The van der Waals surface area contributed by atoms with Crippen molar-refractivity contribution in [1.29, 1.82) is 0 Å². The Hall–Kier alpha value is -1.94. The van der Waals surface area contributed by atoms with Gasteiger partial charge >= 0.3 is 5.97 Å². The number of allylic oxidation sites excluding steroid dienone is 2. The number of aliphatic hydroxyl groups is 2. The number of ketones is 1. The molecule has 0 aromatic carbocycles. The predicted octanol–water partition coefficient (Wildman–Crippen LogP) is 6.26. The molecule has 4 saturated heterocycles. The molecule has 71 heavy (non-hydrogen) atoms. The lowest BCUT2D eigenvalue weighted by atomic mass is 9.45. The maximum absolute atomic E-state index is 13.4. The van der Waals surface area contributed by atoms with Crippen LogP contribution < -0.4 is 0 Å². The van der Waals surface area contributed by atoms with Gasteiger partial charge in [-0.25, -0.2) is 4.79 Å². The Balaban J connectivity index is 0.855. The summed E-state index contributed by atoms with van der Waals surface area (Å²) in [6, 6.07) is 0. The lowest BCUT2D eigenvalue weighted by Gasteiger charge is -2.63. The molecule has 0 bridgehead atoms. The lowest BCUT2D eigenvalue weighted by Crippen LogP contribution is -2.66. The van der Waals surface area contributed by atoms with Crippen LogP contribution in [-0.4, -0.2) is 167 Å². The Morgan fingerprint density at radius 3 is 1.62 bits per heavy atom. The van der Waals surface area contributed by atoms with Crippen molar-refractivity contribution < 1.29 is 81.4 Å². The van der Waals surface area contributed by atoms with Gasteiger partial charge in [0.1, 0.15) is 36.3 Å². The number of carbonyl (C=O) groups is 2. The van der Waals surface area contributed by atoms with Gasteiger partial charge in [0.15, 0.2) is 25.2 Å². The van der Waals surface area contributed by atoms with Crippen molar-refractivity contribution in [2.24, 2.45) is 28.6 Å². The number of aliphatic hydroxyl groups excluding tert-OH is 1. The summed E-state index contributed by atoms with van der Waals surface area (Å²) in [5.41, 5.74) is -0.429. The molecular formula is C54H86O17.